The van der Waals surface area contributed by atoms with E-state index in [0.29, 0.717) is 17.0 Å². The molecule has 7 heteroatoms. The third kappa shape index (κ3) is 2.01. The Bertz CT molecular complexity index is 836. The molecule has 0 unspecified atom stereocenters. The second-order valence-corrected chi connectivity index (χ2v) is 5.11. The van der Waals surface area contributed by atoms with Gasteiger partial charge in [0, 0.05) is 10.0 Å². The van der Waals surface area contributed by atoms with Crippen molar-refractivity contribution in [3.8, 4) is 11.4 Å². The molecule has 3 rings (SSSR count). The van der Waals surface area contributed by atoms with E-state index in [4.69, 9.17) is 5.73 Å². The first-order chi connectivity index (χ1) is 9.04. The molecule has 0 amide bonds. The molecule has 0 aliphatic rings. The first kappa shape index (κ1) is 11.9. The van der Waals surface area contributed by atoms with Crippen molar-refractivity contribution in [3.05, 3.63) is 38.6 Å². The van der Waals surface area contributed by atoms with Crippen molar-refractivity contribution in [1.29, 1.82) is 0 Å². The number of benzene rings is 1. The molecule has 0 radical (unpaired) electrons. The number of aryl methyl sites for hydroxylation is 1. The van der Waals surface area contributed by atoms with Gasteiger partial charge in [-0.1, -0.05) is 22.0 Å². The molecule has 2 aromatic heterocycles. The number of aromatic amines is 2. The van der Waals surface area contributed by atoms with Crippen molar-refractivity contribution >= 4 is 33.0 Å². The monoisotopic (exact) mass is 319 g/mol. The number of rotatable bonds is 1. The maximum absolute atomic E-state index is 11.7. The number of halogens is 1. The molecular weight excluding hydrogens is 310 g/mol. The van der Waals surface area contributed by atoms with Crippen LogP contribution in [-0.4, -0.2) is 19.9 Å². The van der Waals surface area contributed by atoms with Crippen LogP contribution in [-0.2, 0) is 0 Å². The van der Waals surface area contributed by atoms with E-state index in [1.165, 1.54) is 0 Å². The second kappa shape index (κ2) is 4.20. The number of anilines is 1. The summed E-state index contributed by atoms with van der Waals surface area (Å²) >= 11 is 3.42. The smallest absolute Gasteiger partial charge is 0.278 e. The van der Waals surface area contributed by atoms with E-state index < -0.39 is 0 Å². The molecule has 0 aliphatic heterocycles. The number of aromatic nitrogens is 4. The first-order valence-corrected chi connectivity index (χ1v) is 6.36. The summed E-state index contributed by atoms with van der Waals surface area (Å²) in [6, 6.07) is 5.85. The minimum atomic E-state index is -0.325. The van der Waals surface area contributed by atoms with Crippen LogP contribution in [0.4, 0.5) is 5.95 Å². The molecule has 6 nitrogen and oxygen atoms in total. The minimum absolute atomic E-state index is 0.0570. The number of nitrogen functional groups attached to an aromatic ring is 1. The minimum Gasteiger partial charge on any atom is -0.369 e. The van der Waals surface area contributed by atoms with Gasteiger partial charge in [0.2, 0.25) is 5.95 Å². The van der Waals surface area contributed by atoms with Gasteiger partial charge >= 0.3 is 0 Å². The summed E-state index contributed by atoms with van der Waals surface area (Å²) in [6.07, 6.45) is 0. The largest absolute Gasteiger partial charge is 0.369 e. The lowest BCUT2D eigenvalue weighted by molar-refractivity contribution is 1.17. The van der Waals surface area contributed by atoms with Crippen molar-refractivity contribution in [3.63, 3.8) is 0 Å². The van der Waals surface area contributed by atoms with E-state index in [1.54, 1.807) is 0 Å². The van der Waals surface area contributed by atoms with Crippen molar-refractivity contribution in [1.82, 2.24) is 19.9 Å². The van der Waals surface area contributed by atoms with E-state index in [2.05, 4.69) is 35.9 Å². The fourth-order valence-electron chi connectivity index (χ4n) is 1.90. The van der Waals surface area contributed by atoms with Crippen LogP contribution in [0.3, 0.4) is 0 Å². The van der Waals surface area contributed by atoms with Gasteiger partial charge in [-0.15, -0.1) is 0 Å². The number of H-pyrrole nitrogens is 2. The summed E-state index contributed by atoms with van der Waals surface area (Å²) in [5.41, 5.74) is 7.77. The van der Waals surface area contributed by atoms with E-state index in [0.717, 1.165) is 15.6 Å². The van der Waals surface area contributed by atoms with Crippen LogP contribution < -0.4 is 11.3 Å². The van der Waals surface area contributed by atoms with Crippen LogP contribution in [0.1, 0.15) is 5.56 Å². The van der Waals surface area contributed by atoms with E-state index in [1.807, 2.05) is 25.1 Å². The van der Waals surface area contributed by atoms with Gasteiger partial charge in [-0.2, -0.15) is 4.98 Å². The highest BCUT2D eigenvalue weighted by Gasteiger charge is 2.12. The molecule has 0 atom stereocenters. The number of hydrogen-bond acceptors (Lipinski definition) is 4. The van der Waals surface area contributed by atoms with Gasteiger partial charge in [0.15, 0.2) is 11.2 Å². The van der Waals surface area contributed by atoms with Crippen LogP contribution in [0.25, 0.3) is 22.6 Å². The average molecular weight is 320 g/mol. The molecule has 4 N–H and O–H groups in total. The normalized spacial score (nSPS) is 11.1. The van der Waals surface area contributed by atoms with Gasteiger partial charge in [-0.05, 0) is 24.6 Å². The molecule has 96 valence electrons. The summed E-state index contributed by atoms with van der Waals surface area (Å²) in [6.45, 7) is 1.97. The number of fused-ring (bicyclic) bond motifs is 1. The van der Waals surface area contributed by atoms with Gasteiger partial charge in [-0.25, -0.2) is 4.98 Å². The Kier molecular flexibility index (Phi) is 2.63. The first-order valence-electron chi connectivity index (χ1n) is 5.56. The number of nitrogens with zero attached hydrogens (tertiary/aromatic N) is 2. The van der Waals surface area contributed by atoms with Crippen molar-refractivity contribution < 1.29 is 0 Å². The van der Waals surface area contributed by atoms with Crippen LogP contribution in [0, 0.1) is 6.92 Å². The molecule has 1 aromatic carbocycles. The Morgan fingerprint density at radius 3 is 2.84 bits per heavy atom. The van der Waals surface area contributed by atoms with Crippen LogP contribution >= 0.6 is 15.9 Å². The van der Waals surface area contributed by atoms with Gasteiger partial charge in [0.1, 0.15) is 5.82 Å². The Labute approximate surface area is 116 Å². The Morgan fingerprint density at radius 2 is 2.05 bits per heavy atom. The quantitative estimate of drug-likeness (QED) is 0.638. The zero-order chi connectivity index (χ0) is 13.6. The Morgan fingerprint density at radius 1 is 1.26 bits per heavy atom. The Hall–Kier alpha value is -2.15. The van der Waals surface area contributed by atoms with E-state index in [9.17, 15) is 4.79 Å². The summed E-state index contributed by atoms with van der Waals surface area (Å²) < 4.78 is 0.940. The van der Waals surface area contributed by atoms with Gasteiger partial charge in [0.05, 0.1) is 0 Å². The van der Waals surface area contributed by atoms with Crippen LogP contribution in [0.2, 0.25) is 0 Å². The molecular formula is C12H10BrN5O. The topological polar surface area (TPSA) is 100 Å². The summed E-state index contributed by atoms with van der Waals surface area (Å²) in [4.78, 5) is 25.5. The van der Waals surface area contributed by atoms with E-state index in [-0.39, 0.29) is 11.5 Å². The second-order valence-electron chi connectivity index (χ2n) is 4.19. The molecule has 0 fully saturated rings. The number of hydrogen-bond donors (Lipinski definition) is 3. The zero-order valence-corrected chi connectivity index (χ0v) is 11.6. The SMILES string of the molecule is Cc1ccc(Br)cc1-c1nc2nc(N)[nH]c(=O)c2[nH]1. The molecule has 0 spiro atoms. The van der Waals surface area contributed by atoms with Gasteiger partial charge in [0.25, 0.3) is 5.56 Å². The maximum atomic E-state index is 11.7. The molecule has 3 aromatic rings. The standard InChI is InChI=1S/C12H10BrN5O/c1-5-2-3-6(13)4-7(5)9-15-8-10(16-9)17-12(14)18-11(8)19/h2-4H,1H3,(H4,14,15,16,17,18,19). The van der Waals surface area contributed by atoms with Crippen molar-refractivity contribution in [2.45, 2.75) is 6.92 Å². The molecule has 0 saturated heterocycles. The van der Waals surface area contributed by atoms with Gasteiger partial charge < -0.3 is 10.7 Å². The molecule has 2 heterocycles. The fraction of sp³-hybridized carbons (Fsp3) is 0.0833. The third-order valence-corrected chi connectivity index (χ3v) is 3.33. The van der Waals surface area contributed by atoms with Crippen LogP contribution in [0.5, 0.6) is 0 Å². The Balaban J connectivity index is 2.29. The van der Waals surface area contributed by atoms with Crippen molar-refractivity contribution in [2.75, 3.05) is 5.73 Å². The lowest BCUT2D eigenvalue weighted by atomic mass is 10.1. The highest BCUT2D eigenvalue weighted by atomic mass is 79.9. The van der Waals surface area contributed by atoms with Crippen molar-refractivity contribution in [2.24, 2.45) is 0 Å². The van der Waals surface area contributed by atoms with E-state index >= 15 is 0 Å². The summed E-state index contributed by atoms with van der Waals surface area (Å²) in [5, 5.41) is 0. The number of imidazole rings is 1. The maximum Gasteiger partial charge on any atom is 0.278 e. The highest BCUT2D eigenvalue weighted by Crippen LogP contribution is 2.25. The predicted octanol–water partition coefficient (Wildman–Crippen LogP) is 1.97. The highest BCUT2D eigenvalue weighted by molar-refractivity contribution is 9.10. The third-order valence-electron chi connectivity index (χ3n) is 2.83. The number of nitrogens with one attached hydrogen (secondary N) is 2. The molecule has 19 heavy (non-hydrogen) atoms. The molecule has 0 saturated carbocycles. The predicted molar refractivity (Wildman–Crippen MR) is 76.8 cm³/mol. The lowest BCUT2D eigenvalue weighted by Gasteiger charge is -2.02. The summed E-state index contributed by atoms with van der Waals surface area (Å²) in [5.74, 6) is 0.652. The average Bonchev–Trinajstić information content (AvgIpc) is 2.76. The lowest BCUT2D eigenvalue weighted by Crippen LogP contribution is -2.10. The van der Waals surface area contributed by atoms with Crippen LogP contribution in [0.15, 0.2) is 27.5 Å². The van der Waals surface area contributed by atoms with Gasteiger partial charge in [-0.3, -0.25) is 9.78 Å². The fourth-order valence-corrected chi connectivity index (χ4v) is 2.26. The number of nitrogens with two attached hydrogens (primary N) is 1. The molecule has 0 bridgehead atoms. The zero-order valence-electron chi connectivity index (χ0n) is 9.99. The summed E-state index contributed by atoms with van der Waals surface area (Å²) in [7, 11) is 0. The molecule has 0 aliphatic carbocycles.